The van der Waals surface area contributed by atoms with Crippen molar-refractivity contribution >= 4 is 23.1 Å². The molecule has 1 aliphatic heterocycles. The molecule has 3 aromatic rings. The molecule has 1 aromatic heterocycles. The predicted molar refractivity (Wildman–Crippen MR) is 99.2 cm³/mol. The van der Waals surface area contributed by atoms with Crippen molar-refractivity contribution in [1.29, 1.82) is 5.26 Å². The maximum Gasteiger partial charge on any atom is 0.256 e. The maximum absolute atomic E-state index is 12.4. The number of rotatable bonds is 4. The number of carbonyl (C=O) groups is 1. The molecular weight excluding hydrogens is 344 g/mol. The molecule has 7 nitrogen and oxygen atoms in total. The van der Waals surface area contributed by atoms with Gasteiger partial charge in [0.2, 0.25) is 6.79 Å². The van der Waals surface area contributed by atoms with Crippen molar-refractivity contribution in [2.24, 2.45) is 0 Å². The highest BCUT2D eigenvalue weighted by Crippen LogP contribution is 2.32. The third-order valence-electron chi connectivity index (χ3n) is 3.94. The van der Waals surface area contributed by atoms with Crippen molar-refractivity contribution in [2.45, 2.75) is 0 Å². The average Bonchev–Trinajstić information content (AvgIpc) is 3.18. The molecular formula is C20H14N4O3. The van der Waals surface area contributed by atoms with Crippen LogP contribution in [-0.2, 0) is 0 Å². The summed E-state index contributed by atoms with van der Waals surface area (Å²) in [6, 6.07) is 17.7. The highest BCUT2D eigenvalue weighted by Gasteiger charge is 2.16. The van der Waals surface area contributed by atoms with Gasteiger partial charge in [0.15, 0.2) is 11.5 Å². The van der Waals surface area contributed by atoms with Gasteiger partial charge in [-0.2, -0.15) is 5.26 Å². The summed E-state index contributed by atoms with van der Waals surface area (Å²) >= 11 is 0. The second-order valence-corrected chi connectivity index (χ2v) is 5.77. The zero-order valence-electron chi connectivity index (χ0n) is 14.1. The number of nitrogens with one attached hydrogen (secondary N) is 2. The number of hydrogen-bond acceptors (Lipinski definition) is 6. The molecule has 7 heteroatoms. The molecule has 1 amide bonds. The Bertz CT molecular complexity index is 1020. The monoisotopic (exact) mass is 358 g/mol. The van der Waals surface area contributed by atoms with Crippen LogP contribution in [0.5, 0.6) is 11.5 Å². The van der Waals surface area contributed by atoms with Crippen LogP contribution in [0.15, 0.2) is 60.8 Å². The molecule has 1 aliphatic rings. The van der Waals surface area contributed by atoms with E-state index in [1.807, 2.05) is 12.1 Å². The highest BCUT2D eigenvalue weighted by molar-refractivity contribution is 6.04. The summed E-state index contributed by atoms with van der Waals surface area (Å²) < 4.78 is 10.5. The molecule has 0 aliphatic carbocycles. The van der Waals surface area contributed by atoms with Gasteiger partial charge in [-0.15, -0.1) is 0 Å². The number of ether oxygens (including phenoxy) is 2. The second kappa shape index (κ2) is 7.06. The molecule has 132 valence electrons. The molecule has 0 saturated carbocycles. The van der Waals surface area contributed by atoms with Crippen LogP contribution in [0.25, 0.3) is 0 Å². The van der Waals surface area contributed by atoms with Crippen LogP contribution >= 0.6 is 0 Å². The van der Waals surface area contributed by atoms with Gasteiger partial charge in [-0.3, -0.25) is 4.79 Å². The van der Waals surface area contributed by atoms with Crippen molar-refractivity contribution in [3.8, 4) is 17.6 Å². The van der Waals surface area contributed by atoms with Crippen molar-refractivity contribution in [2.75, 3.05) is 17.4 Å². The first-order chi connectivity index (χ1) is 13.2. The lowest BCUT2D eigenvalue weighted by Gasteiger charge is -2.08. The quantitative estimate of drug-likeness (QED) is 0.738. The Kier molecular flexibility index (Phi) is 4.29. The lowest BCUT2D eigenvalue weighted by atomic mass is 10.2. The fourth-order valence-electron chi connectivity index (χ4n) is 2.56. The number of benzene rings is 2. The van der Waals surface area contributed by atoms with E-state index >= 15 is 0 Å². The number of pyridine rings is 1. The topological polar surface area (TPSA) is 96.3 Å². The third-order valence-corrected chi connectivity index (χ3v) is 3.94. The van der Waals surface area contributed by atoms with Crippen molar-refractivity contribution in [3.63, 3.8) is 0 Å². The summed E-state index contributed by atoms with van der Waals surface area (Å²) in [6.07, 6.45) is 1.62. The van der Waals surface area contributed by atoms with Crippen LogP contribution in [0.2, 0.25) is 0 Å². The highest BCUT2D eigenvalue weighted by atomic mass is 16.7. The van der Waals surface area contributed by atoms with E-state index in [1.165, 1.54) is 0 Å². The zero-order valence-corrected chi connectivity index (χ0v) is 14.1. The lowest BCUT2D eigenvalue weighted by molar-refractivity contribution is 0.102. The normalized spacial score (nSPS) is 11.5. The molecule has 0 radical (unpaired) electrons. The molecule has 0 atom stereocenters. The number of fused-ring (bicyclic) bond motifs is 1. The Balaban J connectivity index is 1.41. The molecule has 0 spiro atoms. The Morgan fingerprint density at radius 1 is 1.00 bits per heavy atom. The first-order valence-corrected chi connectivity index (χ1v) is 8.15. The molecule has 4 rings (SSSR count). The minimum Gasteiger partial charge on any atom is -0.454 e. The molecule has 0 bridgehead atoms. The molecule has 2 aromatic carbocycles. The SMILES string of the molecule is N#Cc1ccc(Nc2ccc(NC(=O)c3ccc4c(c3)OCO4)nc2)cc1. The molecule has 2 heterocycles. The third kappa shape index (κ3) is 3.65. The van der Waals surface area contributed by atoms with Gasteiger partial charge in [-0.25, -0.2) is 4.98 Å². The van der Waals surface area contributed by atoms with Gasteiger partial charge >= 0.3 is 0 Å². The Labute approximate surface area is 155 Å². The van der Waals surface area contributed by atoms with E-state index in [1.54, 1.807) is 48.7 Å². The van der Waals surface area contributed by atoms with Gasteiger partial charge in [-0.1, -0.05) is 0 Å². The Morgan fingerprint density at radius 3 is 2.52 bits per heavy atom. The predicted octanol–water partition coefficient (Wildman–Crippen LogP) is 3.68. The van der Waals surface area contributed by atoms with Crippen LogP contribution in [0, 0.1) is 11.3 Å². The van der Waals surface area contributed by atoms with Gasteiger partial charge < -0.3 is 20.1 Å². The summed E-state index contributed by atoms with van der Waals surface area (Å²) in [7, 11) is 0. The summed E-state index contributed by atoms with van der Waals surface area (Å²) in [5.41, 5.74) is 2.66. The summed E-state index contributed by atoms with van der Waals surface area (Å²) in [6.45, 7) is 0.162. The minimum absolute atomic E-state index is 0.162. The van der Waals surface area contributed by atoms with E-state index in [0.717, 1.165) is 11.4 Å². The van der Waals surface area contributed by atoms with E-state index in [9.17, 15) is 4.79 Å². The van der Waals surface area contributed by atoms with E-state index in [4.69, 9.17) is 14.7 Å². The standard InChI is InChI=1S/C20H14N4O3/c21-10-13-1-4-15(5-2-13)23-16-6-8-19(22-11-16)24-20(25)14-3-7-17-18(9-14)27-12-26-17/h1-9,11,23H,12H2,(H,22,24,25). The zero-order chi connectivity index (χ0) is 18.6. The molecule has 0 saturated heterocycles. The maximum atomic E-state index is 12.4. The number of hydrogen-bond donors (Lipinski definition) is 2. The largest absolute Gasteiger partial charge is 0.454 e. The smallest absolute Gasteiger partial charge is 0.256 e. The van der Waals surface area contributed by atoms with Gasteiger partial charge in [0, 0.05) is 11.3 Å². The molecule has 2 N–H and O–H groups in total. The number of aromatic nitrogens is 1. The summed E-state index contributed by atoms with van der Waals surface area (Å²) in [5.74, 6) is 1.33. The first-order valence-electron chi connectivity index (χ1n) is 8.15. The van der Waals surface area contributed by atoms with E-state index < -0.39 is 0 Å². The Morgan fingerprint density at radius 2 is 1.78 bits per heavy atom. The van der Waals surface area contributed by atoms with Crippen LogP contribution in [0.3, 0.4) is 0 Å². The van der Waals surface area contributed by atoms with E-state index in [-0.39, 0.29) is 12.7 Å². The average molecular weight is 358 g/mol. The summed E-state index contributed by atoms with van der Waals surface area (Å²) in [4.78, 5) is 16.6. The minimum atomic E-state index is -0.284. The number of amides is 1. The second-order valence-electron chi connectivity index (χ2n) is 5.77. The molecule has 0 unspecified atom stereocenters. The van der Waals surface area contributed by atoms with Crippen LogP contribution in [0.1, 0.15) is 15.9 Å². The van der Waals surface area contributed by atoms with E-state index in [0.29, 0.717) is 28.4 Å². The number of carbonyl (C=O) groups excluding carboxylic acids is 1. The number of anilines is 3. The van der Waals surface area contributed by atoms with E-state index in [2.05, 4.69) is 21.7 Å². The molecule has 27 heavy (non-hydrogen) atoms. The van der Waals surface area contributed by atoms with Crippen molar-refractivity contribution < 1.29 is 14.3 Å². The van der Waals surface area contributed by atoms with Crippen LogP contribution in [-0.4, -0.2) is 17.7 Å². The fourth-order valence-corrected chi connectivity index (χ4v) is 2.56. The van der Waals surface area contributed by atoms with Gasteiger partial charge in [-0.05, 0) is 54.6 Å². The van der Waals surface area contributed by atoms with Crippen LogP contribution < -0.4 is 20.1 Å². The van der Waals surface area contributed by atoms with Crippen molar-refractivity contribution in [3.05, 3.63) is 71.9 Å². The lowest BCUT2D eigenvalue weighted by Crippen LogP contribution is -2.12. The fraction of sp³-hybridized carbons (Fsp3) is 0.0500. The number of nitriles is 1. The molecule has 0 fully saturated rings. The van der Waals surface area contributed by atoms with Gasteiger partial charge in [0.1, 0.15) is 5.82 Å². The van der Waals surface area contributed by atoms with Crippen LogP contribution in [0.4, 0.5) is 17.2 Å². The first kappa shape index (κ1) is 16.4. The van der Waals surface area contributed by atoms with Gasteiger partial charge in [0.05, 0.1) is 23.5 Å². The Hall–Kier alpha value is -4.05. The van der Waals surface area contributed by atoms with Gasteiger partial charge in [0.25, 0.3) is 5.91 Å². The summed E-state index contributed by atoms with van der Waals surface area (Å²) in [5, 5.41) is 14.7. The number of nitrogens with zero attached hydrogens (tertiary/aromatic N) is 2. The van der Waals surface area contributed by atoms with Crippen molar-refractivity contribution in [1.82, 2.24) is 4.98 Å².